The Kier molecular flexibility index (Phi) is 3.61. The lowest BCUT2D eigenvalue weighted by atomic mass is 10.2. The lowest BCUT2D eigenvalue weighted by molar-refractivity contribution is -0.110. The van der Waals surface area contributed by atoms with Gasteiger partial charge in [0.2, 0.25) is 0 Å². The van der Waals surface area contributed by atoms with Gasteiger partial charge in [0.15, 0.2) is 5.78 Å². The zero-order valence-corrected chi connectivity index (χ0v) is 7.35. The van der Waals surface area contributed by atoms with E-state index in [4.69, 9.17) is 5.11 Å². The van der Waals surface area contributed by atoms with Crippen LogP contribution in [0.5, 0.6) is 5.75 Å². The third-order valence-electron chi connectivity index (χ3n) is 1.56. The van der Waals surface area contributed by atoms with E-state index in [1.165, 1.54) is 18.2 Å². The van der Waals surface area contributed by atoms with Crippen LogP contribution < -0.4 is 0 Å². The van der Waals surface area contributed by atoms with Gasteiger partial charge in [-0.05, 0) is 23.8 Å². The molecule has 0 saturated heterocycles. The molecule has 1 aromatic rings. The van der Waals surface area contributed by atoms with Crippen molar-refractivity contribution in [1.82, 2.24) is 0 Å². The predicted molar refractivity (Wildman–Crippen MR) is 52.4 cm³/mol. The summed E-state index contributed by atoms with van der Waals surface area (Å²) in [4.78, 5) is 10.8. The number of ketones is 1. The molecule has 72 valence electrons. The van der Waals surface area contributed by atoms with E-state index in [1.54, 1.807) is 18.2 Å². The minimum absolute atomic E-state index is 0.164. The fourth-order valence-electron chi connectivity index (χ4n) is 0.881. The summed E-state index contributed by atoms with van der Waals surface area (Å²) in [5.74, 6) is -0.252. The molecule has 2 nitrogen and oxygen atoms in total. The van der Waals surface area contributed by atoms with E-state index >= 15 is 0 Å². The summed E-state index contributed by atoms with van der Waals surface area (Å²) in [5, 5.41) is 8.97. The number of allylic oxidation sites excluding steroid dienone is 2. The number of phenolic OH excluding ortho intramolecular Hbond substituents is 1. The Morgan fingerprint density at radius 3 is 2.43 bits per heavy atom. The van der Waals surface area contributed by atoms with Gasteiger partial charge in [0.1, 0.15) is 5.75 Å². The lowest BCUT2D eigenvalue weighted by Crippen LogP contribution is -1.83. The molecule has 0 saturated carbocycles. The summed E-state index contributed by atoms with van der Waals surface area (Å²) in [6, 6.07) is 6.32. The first-order chi connectivity index (χ1) is 6.72. The number of phenols is 1. The van der Waals surface area contributed by atoms with Gasteiger partial charge in [0.25, 0.3) is 0 Å². The van der Waals surface area contributed by atoms with Gasteiger partial charge in [-0.15, -0.1) is 0 Å². The molecular formula is C11H9FO2. The number of hydrogen-bond acceptors (Lipinski definition) is 2. The molecule has 0 aromatic heterocycles. The molecule has 0 radical (unpaired) electrons. The zero-order chi connectivity index (χ0) is 10.4. The van der Waals surface area contributed by atoms with Gasteiger partial charge in [-0.25, -0.2) is 4.39 Å². The maximum absolute atomic E-state index is 11.6. The van der Waals surface area contributed by atoms with Gasteiger partial charge >= 0.3 is 0 Å². The number of hydrogen-bond donors (Lipinski definition) is 1. The smallest absolute Gasteiger partial charge is 0.180 e. The Morgan fingerprint density at radius 2 is 1.86 bits per heavy atom. The van der Waals surface area contributed by atoms with Crippen molar-refractivity contribution in [1.29, 1.82) is 0 Å². The molecule has 0 unspecified atom stereocenters. The molecule has 1 rings (SSSR count). The lowest BCUT2D eigenvalue weighted by Gasteiger charge is -1.92. The number of benzene rings is 1. The number of carbonyl (C=O) groups is 1. The van der Waals surface area contributed by atoms with Crippen molar-refractivity contribution in [3.63, 3.8) is 0 Å². The third kappa shape index (κ3) is 3.23. The van der Waals surface area contributed by atoms with Crippen molar-refractivity contribution >= 4 is 11.9 Å². The van der Waals surface area contributed by atoms with Crippen LogP contribution in [0.2, 0.25) is 0 Å². The molecular weight excluding hydrogens is 183 g/mol. The highest BCUT2D eigenvalue weighted by atomic mass is 19.1. The monoisotopic (exact) mass is 192 g/mol. The molecule has 3 heteroatoms. The maximum atomic E-state index is 11.6. The normalized spacial score (nSPS) is 11.2. The first-order valence-corrected chi connectivity index (χ1v) is 4.00. The van der Waals surface area contributed by atoms with Crippen LogP contribution in [0, 0.1) is 0 Å². The average molecular weight is 192 g/mol. The van der Waals surface area contributed by atoms with Gasteiger partial charge in [-0.2, -0.15) is 0 Å². The van der Waals surface area contributed by atoms with Crippen molar-refractivity contribution in [2.24, 2.45) is 0 Å². The molecule has 14 heavy (non-hydrogen) atoms. The van der Waals surface area contributed by atoms with Crippen molar-refractivity contribution in [3.8, 4) is 5.75 Å². The second-order valence-corrected chi connectivity index (χ2v) is 2.62. The Bertz CT molecular complexity index is 363. The molecule has 0 bridgehead atoms. The highest BCUT2D eigenvalue weighted by Crippen LogP contribution is 2.10. The standard InChI is InChI=1S/C11H9FO2/c12-8-7-11(14)6-3-9-1-4-10(13)5-2-9/h1-8,13H/b6-3+,8-7+. The fourth-order valence-corrected chi connectivity index (χ4v) is 0.881. The van der Waals surface area contributed by atoms with Gasteiger partial charge < -0.3 is 5.11 Å². The van der Waals surface area contributed by atoms with Crippen LogP contribution in [-0.4, -0.2) is 10.9 Å². The zero-order valence-electron chi connectivity index (χ0n) is 7.35. The second-order valence-electron chi connectivity index (χ2n) is 2.62. The molecule has 0 spiro atoms. The molecule has 0 aliphatic heterocycles. The van der Waals surface area contributed by atoms with Crippen molar-refractivity contribution in [3.05, 3.63) is 48.3 Å². The predicted octanol–water partition coefficient (Wildman–Crippen LogP) is 2.46. The molecule has 0 heterocycles. The van der Waals surface area contributed by atoms with Crippen molar-refractivity contribution in [2.45, 2.75) is 0 Å². The number of carbonyl (C=O) groups excluding carboxylic acids is 1. The van der Waals surface area contributed by atoms with Crippen molar-refractivity contribution < 1.29 is 14.3 Å². The summed E-state index contributed by atoms with van der Waals surface area (Å²) < 4.78 is 11.6. The topological polar surface area (TPSA) is 37.3 Å². The highest BCUT2D eigenvalue weighted by molar-refractivity contribution is 6.01. The van der Waals surface area contributed by atoms with Crippen LogP contribution in [0.25, 0.3) is 6.08 Å². The molecule has 1 aromatic carbocycles. The largest absolute Gasteiger partial charge is 0.508 e. The van der Waals surface area contributed by atoms with Crippen molar-refractivity contribution in [2.75, 3.05) is 0 Å². The van der Waals surface area contributed by atoms with Gasteiger partial charge in [-0.1, -0.05) is 18.2 Å². The van der Waals surface area contributed by atoms with Crippen LogP contribution in [-0.2, 0) is 4.79 Å². The molecule has 0 amide bonds. The summed E-state index contributed by atoms with van der Waals surface area (Å²) in [6.07, 6.45) is 3.82. The molecule has 0 fully saturated rings. The fraction of sp³-hybridized carbons (Fsp3) is 0. The molecule has 0 aliphatic carbocycles. The Morgan fingerprint density at radius 1 is 1.21 bits per heavy atom. The minimum Gasteiger partial charge on any atom is -0.508 e. The number of rotatable bonds is 3. The minimum atomic E-state index is -0.416. The maximum Gasteiger partial charge on any atom is 0.180 e. The molecule has 0 atom stereocenters. The van der Waals surface area contributed by atoms with Crippen LogP contribution in [0.3, 0.4) is 0 Å². The van der Waals surface area contributed by atoms with Gasteiger partial charge in [-0.3, -0.25) is 4.79 Å². The van der Waals surface area contributed by atoms with Gasteiger partial charge in [0.05, 0.1) is 6.33 Å². The molecule has 0 aliphatic rings. The van der Waals surface area contributed by atoms with Crippen LogP contribution in [0.1, 0.15) is 5.56 Å². The van der Waals surface area contributed by atoms with E-state index in [0.717, 1.165) is 11.6 Å². The van der Waals surface area contributed by atoms with E-state index in [-0.39, 0.29) is 12.1 Å². The summed E-state index contributed by atoms with van der Waals surface area (Å²) in [6.45, 7) is 0. The Balaban J connectivity index is 2.69. The third-order valence-corrected chi connectivity index (χ3v) is 1.56. The number of halogens is 1. The summed E-state index contributed by atoms with van der Waals surface area (Å²) >= 11 is 0. The Labute approximate surface area is 81.0 Å². The van der Waals surface area contributed by atoms with E-state index in [1.807, 2.05) is 0 Å². The van der Waals surface area contributed by atoms with E-state index < -0.39 is 5.78 Å². The van der Waals surface area contributed by atoms with Crippen LogP contribution in [0.15, 0.2) is 42.7 Å². The average Bonchev–Trinajstić information content (AvgIpc) is 2.17. The van der Waals surface area contributed by atoms with E-state index in [9.17, 15) is 9.18 Å². The second kappa shape index (κ2) is 4.97. The number of aromatic hydroxyl groups is 1. The summed E-state index contributed by atoms with van der Waals surface area (Å²) in [5.41, 5.74) is 0.767. The molecule has 1 N–H and O–H groups in total. The van der Waals surface area contributed by atoms with Crippen LogP contribution >= 0.6 is 0 Å². The van der Waals surface area contributed by atoms with E-state index in [2.05, 4.69) is 0 Å². The quantitative estimate of drug-likeness (QED) is 0.747. The van der Waals surface area contributed by atoms with E-state index in [0.29, 0.717) is 0 Å². The summed E-state index contributed by atoms with van der Waals surface area (Å²) in [7, 11) is 0. The van der Waals surface area contributed by atoms with Crippen LogP contribution in [0.4, 0.5) is 4.39 Å². The first-order valence-electron chi connectivity index (χ1n) is 4.00. The van der Waals surface area contributed by atoms with Gasteiger partial charge in [0, 0.05) is 6.08 Å². The highest BCUT2D eigenvalue weighted by Gasteiger charge is 1.90. The Hall–Kier alpha value is -1.90. The first kappa shape index (κ1) is 10.2. The SMILES string of the molecule is O=C(/C=C/F)/C=C/c1ccc(O)cc1.